The summed E-state index contributed by atoms with van der Waals surface area (Å²) < 4.78 is 25.0. The van der Waals surface area contributed by atoms with E-state index in [0.717, 1.165) is 6.07 Å². The van der Waals surface area contributed by atoms with Gasteiger partial charge >= 0.3 is 0 Å². The lowest BCUT2D eigenvalue weighted by molar-refractivity contribution is 0.576. The predicted molar refractivity (Wildman–Crippen MR) is 46.2 cm³/mol. The van der Waals surface area contributed by atoms with E-state index in [0.29, 0.717) is 5.56 Å². The van der Waals surface area contributed by atoms with Gasteiger partial charge in [0.2, 0.25) is 0 Å². The van der Waals surface area contributed by atoms with Gasteiger partial charge in [0, 0.05) is 12.1 Å². The number of benzene rings is 1. The second-order valence-corrected chi connectivity index (χ2v) is 2.49. The molecule has 68 valence electrons. The molecule has 0 amide bonds. The molecule has 0 spiro atoms. The minimum atomic E-state index is -0.586. The molecular formula is C8H10ClF2N. The summed E-state index contributed by atoms with van der Waals surface area (Å²) in [5.41, 5.74) is 5.89. The van der Waals surface area contributed by atoms with E-state index in [1.807, 2.05) is 0 Å². The normalized spacial score (nSPS) is 12.0. The average molecular weight is 194 g/mol. The number of hydrogen-bond acceptors (Lipinski definition) is 1. The van der Waals surface area contributed by atoms with Crippen molar-refractivity contribution in [1.82, 2.24) is 0 Å². The number of nitrogens with two attached hydrogens (primary N) is 1. The van der Waals surface area contributed by atoms with Gasteiger partial charge < -0.3 is 5.73 Å². The molecule has 0 aliphatic heterocycles. The summed E-state index contributed by atoms with van der Waals surface area (Å²) >= 11 is 0. The van der Waals surface area contributed by atoms with Crippen LogP contribution in [0, 0.1) is 11.6 Å². The molecule has 0 aliphatic rings. The van der Waals surface area contributed by atoms with Crippen LogP contribution in [0.1, 0.15) is 18.5 Å². The third-order valence-corrected chi connectivity index (χ3v) is 1.41. The highest BCUT2D eigenvalue weighted by atomic mass is 35.5. The fraction of sp³-hybridized carbons (Fsp3) is 0.250. The quantitative estimate of drug-likeness (QED) is 0.728. The van der Waals surface area contributed by atoms with Gasteiger partial charge in [-0.05, 0) is 24.6 Å². The molecule has 4 heteroatoms. The van der Waals surface area contributed by atoms with Gasteiger partial charge in [0.05, 0.1) is 0 Å². The van der Waals surface area contributed by atoms with Crippen molar-refractivity contribution >= 4 is 12.4 Å². The maximum absolute atomic E-state index is 12.5. The molecule has 0 fully saturated rings. The van der Waals surface area contributed by atoms with Crippen molar-refractivity contribution < 1.29 is 8.78 Å². The van der Waals surface area contributed by atoms with Crippen LogP contribution < -0.4 is 5.73 Å². The van der Waals surface area contributed by atoms with Crippen LogP contribution in [0.3, 0.4) is 0 Å². The van der Waals surface area contributed by atoms with Crippen molar-refractivity contribution in [2.45, 2.75) is 13.0 Å². The molecule has 1 atom stereocenters. The second-order valence-electron chi connectivity index (χ2n) is 2.49. The number of hydrogen-bond donors (Lipinski definition) is 1. The Hall–Kier alpha value is -0.670. The summed E-state index contributed by atoms with van der Waals surface area (Å²) in [6.45, 7) is 1.67. The van der Waals surface area contributed by atoms with Gasteiger partial charge in [0.15, 0.2) is 0 Å². The van der Waals surface area contributed by atoms with E-state index in [2.05, 4.69) is 0 Å². The van der Waals surface area contributed by atoms with Crippen LogP contribution in [0.25, 0.3) is 0 Å². The first-order chi connectivity index (χ1) is 5.09. The highest BCUT2D eigenvalue weighted by Gasteiger charge is 2.03. The maximum atomic E-state index is 12.5. The molecule has 0 saturated carbocycles. The molecular weight excluding hydrogens is 184 g/mol. The van der Waals surface area contributed by atoms with Gasteiger partial charge in [-0.3, -0.25) is 0 Å². The Labute approximate surface area is 76.0 Å². The van der Waals surface area contributed by atoms with Crippen molar-refractivity contribution in [2.24, 2.45) is 5.73 Å². The fourth-order valence-electron chi connectivity index (χ4n) is 0.838. The maximum Gasteiger partial charge on any atom is 0.126 e. The van der Waals surface area contributed by atoms with Crippen molar-refractivity contribution in [3.8, 4) is 0 Å². The molecule has 0 aromatic heterocycles. The third-order valence-electron chi connectivity index (χ3n) is 1.41. The summed E-state index contributed by atoms with van der Waals surface area (Å²) in [4.78, 5) is 0. The molecule has 1 unspecified atom stereocenters. The van der Waals surface area contributed by atoms with Gasteiger partial charge in [-0.15, -0.1) is 12.4 Å². The second kappa shape index (κ2) is 4.38. The van der Waals surface area contributed by atoms with E-state index in [1.165, 1.54) is 12.1 Å². The molecule has 2 N–H and O–H groups in total. The molecule has 0 bridgehead atoms. The zero-order chi connectivity index (χ0) is 8.43. The first-order valence-corrected chi connectivity index (χ1v) is 3.31. The number of rotatable bonds is 1. The van der Waals surface area contributed by atoms with E-state index < -0.39 is 11.6 Å². The Bertz CT molecular complexity index is 243. The Kier molecular flexibility index (Phi) is 4.13. The minimum Gasteiger partial charge on any atom is -0.324 e. The average Bonchev–Trinajstić information content (AvgIpc) is 1.85. The Morgan fingerprint density at radius 2 is 1.58 bits per heavy atom. The standard InChI is InChI=1S/C8H9F2N.ClH/c1-5(11)6-2-7(9)4-8(10)3-6;/h2-5H,11H2,1H3;1H. The van der Waals surface area contributed by atoms with Crippen molar-refractivity contribution in [1.29, 1.82) is 0 Å². The largest absolute Gasteiger partial charge is 0.324 e. The lowest BCUT2D eigenvalue weighted by Gasteiger charge is -2.04. The van der Waals surface area contributed by atoms with Gasteiger partial charge in [-0.25, -0.2) is 8.78 Å². The van der Waals surface area contributed by atoms with Gasteiger partial charge in [0.25, 0.3) is 0 Å². The highest BCUT2D eigenvalue weighted by molar-refractivity contribution is 5.85. The Morgan fingerprint density at radius 3 is 1.92 bits per heavy atom. The SMILES string of the molecule is CC(N)c1cc(F)cc(F)c1.Cl. The van der Waals surface area contributed by atoms with Crippen LogP contribution in [0.2, 0.25) is 0 Å². The minimum absolute atomic E-state index is 0. The Morgan fingerprint density at radius 1 is 1.17 bits per heavy atom. The van der Waals surface area contributed by atoms with Gasteiger partial charge in [0.1, 0.15) is 11.6 Å². The molecule has 1 nitrogen and oxygen atoms in total. The topological polar surface area (TPSA) is 26.0 Å². The van der Waals surface area contributed by atoms with Crippen molar-refractivity contribution in [2.75, 3.05) is 0 Å². The van der Waals surface area contributed by atoms with Crippen LogP contribution in [-0.2, 0) is 0 Å². The summed E-state index contributed by atoms with van der Waals surface area (Å²) in [6.07, 6.45) is 0. The molecule has 0 heterocycles. The van der Waals surface area contributed by atoms with Crippen LogP contribution in [-0.4, -0.2) is 0 Å². The van der Waals surface area contributed by atoms with Crippen LogP contribution >= 0.6 is 12.4 Å². The molecule has 1 aromatic carbocycles. The van der Waals surface area contributed by atoms with Crippen LogP contribution in [0.5, 0.6) is 0 Å². The fourth-order valence-corrected chi connectivity index (χ4v) is 0.838. The molecule has 1 rings (SSSR count). The zero-order valence-corrected chi connectivity index (χ0v) is 7.37. The van der Waals surface area contributed by atoms with E-state index in [4.69, 9.17) is 5.73 Å². The first-order valence-electron chi connectivity index (χ1n) is 3.31. The molecule has 12 heavy (non-hydrogen) atoms. The number of halogens is 3. The molecule has 0 aliphatic carbocycles. The zero-order valence-electron chi connectivity index (χ0n) is 6.55. The monoisotopic (exact) mass is 193 g/mol. The Balaban J connectivity index is 0.00000121. The lowest BCUT2D eigenvalue weighted by Crippen LogP contribution is -2.05. The summed E-state index contributed by atoms with van der Waals surface area (Å²) in [5, 5.41) is 0. The first kappa shape index (κ1) is 11.3. The van der Waals surface area contributed by atoms with E-state index in [9.17, 15) is 8.78 Å². The summed E-state index contributed by atoms with van der Waals surface area (Å²) in [6, 6.07) is 2.95. The smallest absolute Gasteiger partial charge is 0.126 e. The van der Waals surface area contributed by atoms with Crippen LogP contribution in [0.15, 0.2) is 18.2 Å². The van der Waals surface area contributed by atoms with Crippen LogP contribution in [0.4, 0.5) is 8.78 Å². The van der Waals surface area contributed by atoms with E-state index in [-0.39, 0.29) is 18.4 Å². The molecule has 1 aromatic rings. The van der Waals surface area contributed by atoms with Gasteiger partial charge in [-0.2, -0.15) is 0 Å². The third kappa shape index (κ3) is 2.75. The van der Waals surface area contributed by atoms with E-state index >= 15 is 0 Å². The van der Waals surface area contributed by atoms with Gasteiger partial charge in [-0.1, -0.05) is 0 Å². The van der Waals surface area contributed by atoms with Crippen molar-refractivity contribution in [3.05, 3.63) is 35.4 Å². The van der Waals surface area contributed by atoms with E-state index in [1.54, 1.807) is 6.92 Å². The summed E-state index contributed by atoms with van der Waals surface area (Å²) in [7, 11) is 0. The molecule has 0 radical (unpaired) electrons. The predicted octanol–water partition coefficient (Wildman–Crippen LogP) is 2.41. The summed E-state index contributed by atoms with van der Waals surface area (Å²) in [5.74, 6) is -1.17. The molecule has 0 saturated heterocycles. The highest BCUT2D eigenvalue weighted by Crippen LogP contribution is 2.13. The lowest BCUT2D eigenvalue weighted by atomic mass is 10.1. The van der Waals surface area contributed by atoms with Crippen molar-refractivity contribution in [3.63, 3.8) is 0 Å².